The van der Waals surface area contributed by atoms with Crippen LogP contribution in [-0.4, -0.2) is 68.2 Å². The second-order valence-corrected chi connectivity index (χ2v) is 17.8. The third-order valence-corrected chi connectivity index (χ3v) is 14.3. The summed E-state index contributed by atoms with van der Waals surface area (Å²) >= 11 is 0. The lowest BCUT2D eigenvalue weighted by atomic mass is 9.81. The van der Waals surface area contributed by atoms with Crippen LogP contribution < -0.4 is 14.8 Å². The van der Waals surface area contributed by atoms with Crippen LogP contribution in [0, 0.1) is 5.41 Å². The number of likely N-dealkylation sites (N-methyl/N-ethyl adjacent to an activating group) is 1. The molecule has 3 saturated carbocycles. The number of nitrogens with zero attached hydrogens (tertiary/aromatic N) is 2. The highest BCUT2D eigenvalue weighted by Crippen LogP contribution is 2.65. The summed E-state index contributed by atoms with van der Waals surface area (Å²) in [4.78, 5) is 30.6. The second kappa shape index (κ2) is 14.6. The van der Waals surface area contributed by atoms with Crippen LogP contribution in [0.1, 0.15) is 131 Å². The summed E-state index contributed by atoms with van der Waals surface area (Å²) in [5, 5.41) is 4.06. The van der Waals surface area contributed by atoms with Crippen molar-refractivity contribution >= 4 is 32.7 Å². The van der Waals surface area contributed by atoms with Crippen LogP contribution in [0.5, 0.6) is 5.75 Å². The zero-order valence-electron chi connectivity index (χ0n) is 30.9. The molecule has 2 heterocycles. The van der Waals surface area contributed by atoms with Crippen molar-refractivity contribution in [2.45, 2.75) is 127 Å². The van der Waals surface area contributed by atoms with Gasteiger partial charge in [-0.1, -0.05) is 64.9 Å². The van der Waals surface area contributed by atoms with E-state index in [9.17, 15) is 18.0 Å². The predicted octanol–water partition coefficient (Wildman–Crippen LogP) is 7.48. The monoisotopic (exact) mass is 716 g/mol. The minimum Gasteiger partial charge on any atom is -0.497 e. The number of carbonyl (C=O) groups is 2. The summed E-state index contributed by atoms with van der Waals surface area (Å²) in [6.07, 6.45) is 12.3. The first-order valence-electron chi connectivity index (χ1n) is 19.5. The van der Waals surface area contributed by atoms with Gasteiger partial charge in [-0.25, -0.2) is 13.1 Å². The third kappa shape index (κ3) is 6.83. The van der Waals surface area contributed by atoms with Gasteiger partial charge in [0.05, 0.1) is 23.5 Å². The minimum atomic E-state index is -3.79. The molecule has 7 rings (SSSR count). The quantitative estimate of drug-likeness (QED) is 0.201. The Hall–Kier alpha value is -3.37. The molecule has 2 amide bonds. The fourth-order valence-electron chi connectivity index (χ4n) is 9.48. The lowest BCUT2D eigenvalue weighted by Crippen LogP contribution is -2.46. The largest absolute Gasteiger partial charge is 0.497 e. The highest BCUT2D eigenvalue weighted by Gasteiger charge is 2.63. The molecule has 3 fully saturated rings. The van der Waals surface area contributed by atoms with Gasteiger partial charge in [0.25, 0.3) is 5.91 Å². The molecule has 9 nitrogen and oxygen atoms in total. The highest BCUT2D eigenvalue weighted by molar-refractivity contribution is 7.90. The van der Waals surface area contributed by atoms with E-state index < -0.39 is 26.6 Å². The van der Waals surface area contributed by atoms with Crippen LogP contribution in [0.25, 0.3) is 22.2 Å². The van der Waals surface area contributed by atoms with Gasteiger partial charge in [0, 0.05) is 47.1 Å². The van der Waals surface area contributed by atoms with Crippen LogP contribution in [0.15, 0.2) is 36.4 Å². The SMILES string of the molecule is CCCC(CN(C)CC)NC(=O)C12CC1c1cc(OC)ccc1-c1c(C3CCCCC3)c3ccc(C(=O)NS(=O)(=O)C4CCCCC4)cc3n1C2. The molecule has 2 N–H and O–H groups in total. The number of benzene rings is 2. The molecule has 0 spiro atoms. The molecule has 1 aliphatic heterocycles. The molecular formula is C41H56N4O5S. The number of amides is 2. The lowest BCUT2D eigenvalue weighted by Gasteiger charge is -2.27. The van der Waals surface area contributed by atoms with E-state index in [0.717, 1.165) is 97.9 Å². The molecule has 276 valence electrons. The highest BCUT2D eigenvalue weighted by atomic mass is 32.2. The maximum atomic E-state index is 14.7. The summed E-state index contributed by atoms with van der Waals surface area (Å²) in [7, 11) is -0.00220. The maximum absolute atomic E-state index is 14.7. The number of nitrogens with one attached hydrogen (secondary N) is 2. The van der Waals surface area contributed by atoms with E-state index in [1.165, 1.54) is 24.8 Å². The summed E-state index contributed by atoms with van der Waals surface area (Å²) in [6.45, 7) is 6.51. The Morgan fingerprint density at radius 2 is 1.73 bits per heavy atom. The normalized spacial score (nSPS) is 22.8. The van der Waals surface area contributed by atoms with E-state index in [-0.39, 0.29) is 17.9 Å². The number of hydrogen-bond donors (Lipinski definition) is 2. The molecule has 0 radical (unpaired) electrons. The number of sulfonamides is 1. The molecule has 3 aliphatic carbocycles. The number of ether oxygens (including phenoxy) is 1. The van der Waals surface area contributed by atoms with Crippen molar-refractivity contribution in [2.24, 2.45) is 5.41 Å². The average Bonchev–Trinajstić information content (AvgIpc) is 3.82. The first-order valence-corrected chi connectivity index (χ1v) is 21.0. The van der Waals surface area contributed by atoms with E-state index in [1.807, 2.05) is 18.2 Å². The number of carbonyl (C=O) groups excluding carboxylic acids is 2. The van der Waals surface area contributed by atoms with Gasteiger partial charge in [-0.05, 0) is 99.5 Å². The number of methoxy groups -OCH3 is 1. The molecular weight excluding hydrogens is 661 g/mol. The molecule has 1 aromatic heterocycles. The molecule has 4 aliphatic rings. The number of hydrogen-bond acceptors (Lipinski definition) is 6. The van der Waals surface area contributed by atoms with Crippen molar-refractivity contribution < 1.29 is 22.7 Å². The molecule has 2 aromatic carbocycles. The Labute approximate surface area is 303 Å². The van der Waals surface area contributed by atoms with Crippen LogP contribution in [0.4, 0.5) is 0 Å². The van der Waals surface area contributed by atoms with Gasteiger partial charge in [0.2, 0.25) is 15.9 Å². The average molecular weight is 717 g/mol. The van der Waals surface area contributed by atoms with E-state index in [4.69, 9.17) is 4.74 Å². The molecule has 51 heavy (non-hydrogen) atoms. The van der Waals surface area contributed by atoms with Crippen molar-refractivity contribution in [3.8, 4) is 17.0 Å². The van der Waals surface area contributed by atoms with E-state index >= 15 is 0 Å². The van der Waals surface area contributed by atoms with Gasteiger partial charge in [0.1, 0.15) is 5.75 Å². The number of aromatic nitrogens is 1. The lowest BCUT2D eigenvalue weighted by molar-refractivity contribution is -0.127. The maximum Gasteiger partial charge on any atom is 0.264 e. The van der Waals surface area contributed by atoms with Gasteiger partial charge in [-0.2, -0.15) is 0 Å². The van der Waals surface area contributed by atoms with E-state index in [2.05, 4.69) is 52.5 Å². The second-order valence-electron chi connectivity index (χ2n) is 15.8. The van der Waals surface area contributed by atoms with Gasteiger partial charge >= 0.3 is 0 Å². The van der Waals surface area contributed by atoms with E-state index in [0.29, 0.717) is 30.9 Å². The molecule has 3 aromatic rings. The summed E-state index contributed by atoms with van der Waals surface area (Å²) < 4.78 is 37.1. The van der Waals surface area contributed by atoms with Crippen molar-refractivity contribution in [1.82, 2.24) is 19.5 Å². The van der Waals surface area contributed by atoms with Crippen LogP contribution in [0.2, 0.25) is 0 Å². The van der Waals surface area contributed by atoms with Gasteiger partial charge in [0.15, 0.2) is 0 Å². The molecule has 10 heteroatoms. The zero-order valence-corrected chi connectivity index (χ0v) is 31.7. The molecule has 3 unspecified atom stereocenters. The fraction of sp³-hybridized carbons (Fsp3) is 0.610. The Morgan fingerprint density at radius 1 is 1.00 bits per heavy atom. The molecule has 0 bridgehead atoms. The van der Waals surface area contributed by atoms with E-state index in [1.54, 1.807) is 13.2 Å². The first-order chi connectivity index (χ1) is 24.6. The van der Waals surface area contributed by atoms with Crippen molar-refractivity contribution in [1.29, 1.82) is 0 Å². The van der Waals surface area contributed by atoms with Gasteiger partial charge < -0.3 is 19.5 Å². The molecule has 0 saturated heterocycles. The van der Waals surface area contributed by atoms with Crippen LogP contribution in [-0.2, 0) is 21.4 Å². The fourth-order valence-corrected chi connectivity index (χ4v) is 11.0. The smallest absolute Gasteiger partial charge is 0.264 e. The van der Waals surface area contributed by atoms with Crippen LogP contribution >= 0.6 is 0 Å². The Balaban J connectivity index is 1.35. The van der Waals surface area contributed by atoms with Gasteiger partial charge in [-0.15, -0.1) is 0 Å². The Bertz CT molecular complexity index is 1890. The van der Waals surface area contributed by atoms with Gasteiger partial charge in [-0.3, -0.25) is 9.59 Å². The number of rotatable bonds is 12. The summed E-state index contributed by atoms with van der Waals surface area (Å²) in [6, 6.07) is 12.1. The van der Waals surface area contributed by atoms with Crippen molar-refractivity contribution in [3.05, 3.63) is 53.1 Å². The minimum absolute atomic E-state index is 0.0371. The summed E-state index contributed by atoms with van der Waals surface area (Å²) in [5.74, 6) is 0.678. The Morgan fingerprint density at radius 3 is 2.41 bits per heavy atom. The van der Waals surface area contributed by atoms with Crippen molar-refractivity contribution in [3.63, 3.8) is 0 Å². The first kappa shape index (κ1) is 36.0. The third-order valence-electron chi connectivity index (χ3n) is 12.5. The standard InChI is InChI=1S/C41H56N4O5S/c1-5-13-29(25-44(3)6-2)42-40(47)41-24-35(41)34-23-30(50-4)19-21-32(34)38-37(27-14-9-7-10-15-27)33-20-18-28(22-36(33)45(38)26-41)39(46)43-51(48,49)31-16-11-8-12-17-31/h18-23,27,29,31,35H,5-17,24-26H2,1-4H3,(H,42,47)(H,43,46). The van der Waals surface area contributed by atoms with Crippen LogP contribution in [0.3, 0.4) is 0 Å². The topological polar surface area (TPSA) is 110 Å². The number of fused-ring (bicyclic) bond motifs is 7. The van der Waals surface area contributed by atoms with Crippen molar-refractivity contribution in [2.75, 3.05) is 27.2 Å². The Kier molecular flexibility index (Phi) is 10.3. The molecule has 3 atom stereocenters. The predicted molar refractivity (Wildman–Crippen MR) is 203 cm³/mol. The summed E-state index contributed by atoms with van der Waals surface area (Å²) in [5.41, 5.74) is 5.28. The zero-order chi connectivity index (χ0) is 35.9.